The van der Waals surface area contributed by atoms with Crippen molar-refractivity contribution in [3.8, 4) is 11.5 Å². The molecule has 0 aliphatic carbocycles. The number of alkyl halides is 1. The average molecular weight is 349 g/mol. The van der Waals surface area contributed by atoms with E-state index in [0.29, 0.717) is 5.56 Å². The van der Waals surface area contributed by atoms with Crippen LogP contribution in [-0.4, -0.2) is 24.6 Å². The van der Waals surface area contributed by atoms with Crippen LogP contribution >= 0.6 is 15.9 Å². The molecule has 0 saturated heterocycles. The van der Waals surface area contributed by atoms with Gasteiger partial charge in [0, 0.05) is 5.33 Å². The fraction of sp³-hybridized carbons (Fsp3) is 0.333. The van der Waals surface area contributed by atoms with Gasteiger partial charge in [-0.15, -0.1) is 0 Å². The molecule has 1 rings (SSSR count). The van der Waals surface area contributed by atoms with E-state index in [1.54, 1.807) is 0 Å². The van der Waals surface area contributed by atoms with Crippen molar-refractivity contribution in [2.24, 2.45) is 0 Å². The van der Waals surface area contributed by atoms with E-state index in [9.17, 15) is 18.8 Å². The molecule has 0 radical (unpaired) electrons. The third-order valence-electron chi connectivity index (χ3n) is 1.79. The minimum Gasteiger partial charge on any atom is -0.723 e. The number of aromatic hydroxyl groups is 1. The topological polar surface area (TPSA) is 95.9 Å². The number of hydrogen-bond donors (Lipinski definition) is 1. The molecule has 0 bridgehead atoms. The first-order valence-electron chi connectivity index (χ1n) is 4.53. The van der Waals surface area contributed by atoms with Crippen LogP contribution in [0.1, 0.15) is 5.56 Å². The van der Waals surface area contributed by atoms with Gasteiger partial charge in [0.15, 0.2) is 11.5 Å². The van der Waals surface area contributed by atoms with Gasteiger partial charge in [0.2, 0.25) is 0 Å². The summed E-state index contributed by atoms with van der Waals surface area (Å²) in [6.45, 7) is -0.220. The van der Waals surface area contributed by atoms with E-state index in [4.69, 9.17) is 0 Å². The Morgan fingerprint density at radius 1 is 1.39 bits per heavy atom. The SMILES string of the molecule is O=S(=O)(CCBr)Oc1ccc(CO[O-])cc1O.[Na+]. The molecule has 96 valence electrons. The van der Waals surface area contributed by atoms with Crippen molar-refractivity contribution in [1.29, 1.82) is 0 Å². The molecule has 0 atom stereocenters. The fourth-order valence-electron chi connectivity index (χ4n) is 1.06. The van der Waals surface area contributed by atoms with Crippen LogP contribution in [0, 0.1) is 0 Å². The molecular weight excluding hydrogens is 339 g/mol. The Morgan fingerprint density at radius 2 is 2.06 bits per heavy atom. The molecule has 9 heteroatoms. The standard InChI is InChI=1S/C9H11BrO6S.Na/c10-3-4-17(13,14)16-9-2-1-7(6-15-12)5-8(9)11;/h1-2,5,11-12H,3-4,6H2;/q;+1/p-1. The predicted octanol–water partition coefficient (Wildman–Crippen LogP) is -2.71. The maximum atomic E-state index is 11.3. The van der Waals surface area contributed by atoms with Crippen molar-refractivity contribution in [3.63, 3.8) is 0 Å². The first-order chi connectivity index (χ1) is 7.98. The quantitative estimate of drug-likeness (QED) is 0.197. The Labute approximate surface area is 135 Å². The Hall–Kier alpha value is 0.170. The van der Waals surface area contributed by atoms with Gasteiger partial charge in [-0.25, -0.2) is 0 Å². The molecule has 1 N–H and O–H groups in total. The molecule has 0 unspecified atom stereocenters. The third-order valence-corrected chi connectivity index (χ3v) is 3.85. The van der Waals surface area contributed by atoms with Gasteiger partial charge in [-0.05, 0) is 17.7 Å². The predicted molar refractivity (Wildman–Crippen MR) is 61.1 cm³/mol. The summed E-state index contributed by atoms with van der Waals surface area (Å²) in [5.74, 6) is -0.754. The molecule has 0 aliphatic rings. The van der Waals surface area contributed by atoms with Crippen molar-refractivity contribution >= 4 is 26.0 Å². The summed E-state index contributed by atoms with van der Waals surface area (Å²) in [5, 5.41) is 19.6. The molecule has 1 aromatic rings. The Bertz CT molecular complexity index is 478. The van der Waals surface area contributed by atoms with Gasteiger partial charge in [0.1, 0.15) is 0 Å². The zero-order valence-corrected chi connectivity index (χ0v) is 14.0. The van der Waals surface area contributed by atoms with Gasteiger partial charge in [0.05, 0.1) is 12.4 Å². The third kappa shape index (κ3) is 5.87. The number of benzene rings is 1. The van der Waals surface area contributed by atoms with Gasteiger partial charge < -0.3 is 19.4 Å². The first kappa shape index (κ1) is 18.2. The summed E-state index contributed by atoms with van der Waals surface area (Å²) in [6, 6.07) is 3.89. The number of rotatable bonds is 6. The van der Waals surface area contributed by atoms with Crippen LogP contribution in [0.25, 0.3) is 0 Å². The second kappa shape index (κ2) is 8.36. The smallest absolute Gasteiger partial charge is 0.723 e. The molecule has 18 heavy (non-hydrogen) atoms. The van der Waals surface area contributed by atoms with Crippen LogP contribution in [0.15, 0.2) is 18.2 Å². The number of phenols is 1. The van der Waals surface area contributed by atoms with Gasteiger partial charge in [0.25, 0.3) is 0 Å². The maximum Gasteiger partial charge on any atom is 1.00 e. The summed E-state index contributed by atoms with van der Waals surface area (Å²) in [7, 11) is -3.73. The van der Waals surface area contributed by atoms with Crippen LogP contribution in [0.4, 0.5) is 0 Å². The summed E-state index contributed by atoms with van der Waals surface area (Å²) in [6.07, 6.45) is 0. The van der Waals surface area contributed by atoms with Crippen LogP contribution in [0.3, 0.4) is 0 Å². The summed E-state index contributed by atoms with van der Waals surface area (Å²) < 4.78 is 27.3. The second-order valence-corrected chi connectivity index (χ2v) is 5.58. The normalized spacial score (nSPS) is 10.8. The molecule has 0 spiro atoms. The molecule has 0 saturated carbocycles. The van der Waals surface area contributed by atoms with Crippen molar-refractivity contribution in [2.45, 2.75) is 6.61 Å². The van der Waals surface area contributed by atoms with Crippen molar-refractivity contribution in [3.05, 3.63) is 23.8 Å². The zero-order chi connectivity index (χ0) is 12.9. The maximum absolute atomic E-state index is 11.3. The van der Waals surface area contributed by atoms with E-state index in [1.165, 1.54) is 18.2 Å². The molecule has 1 aromatic carbocycles. The van der Waals surface area contributed by atoms with Gasteiger partial charge in [-0.2, -0.15) is 8.42 Å². The van der Waals surface area contributed by atoms with E-state index >= 15 is 0 Å². The second-order valence-electron chi connectivity index (χ2n) is 3.10. The van der Waals surface area contributed by atoms with E-state index in [-0.39, 0.29) is 58.7 Å². The molecular formula is C9H10BrNaO6S. The zero-order valence-electron chi connectivity index (χ0n) is 9.63. The number of phenolic OH excluding ortho intramolecular Hbond substituents is 1. The molecule has 0 aromatic heterocycles. The molecule has 0 aliphatic heterocycles. The summed E-state index contributed by atoms with van der Waals surface area (Å²) in [4.78, 5) is 3.64. The minimum atomic E-state index is -3.73. The van der Waals surface area contributed by atoms with Gasteiger partial charge >= 0.3 is 39.7 Å². The molecule has 0 amide bonds. The minimum absolute atomic E-state index is 0. The summed E-state index contributed by atoms with van der Waals surface area (Å²) in [5.41, 5.74) is 0.419. The molecule has 0 heterocycles. The average Bonchev–Trinajstić information content (AvgIpc) is 2.22. The summed E-state index contributed by atoms with van der Waals surface area (Å²) >= 11 is 2.98. The number of hydrogen-bond acceptors (Lipinski definition) is 6. The van der Waals surface area contributed by atoms with Crippen LogP contribution in [0.2, 0.25) is 0 Å². The van der Waals surface area contributed by atoms with Gasteiger partial charge in [-0.1, -0.05) is 22.0 Å². The van der Waals surface area contributed by atoms with E-state index < -0.39 is 10.1 Å². The van der Waals surface area contributed by atoms with Crippen molar-refractivity contribution < 1.29 is 57.4 Å². The fourth-order valence-corrected chi connectivity index (χ4v) is 2.94. The van der Waals surface area contributed by atoms with Gasteiger partial charge in [-0.3, -0.25) is 0 Å². The van der Waals surface area contributed by atoms with E-state index in [1.807, 2.05) is 0 Å². The van der Waals surface area contributed by atoms with Crippen molar-refractivity contribution in [1.82, 2.24) is 0 Å². The Kier molecular flexibility index (Phi) is 8.44. The molecule has 0 fully saturated rings. The van der Waals surface area contributed by atoms with Crippen LogP contribution in [-0.2, 0) is 21.6 Å². The van der Waals surface area contributed by atoms with E-state index in [0.717, 1.165) is 0 Å². The molecule has 6 nitrogen and oxygen atoms in total. The number of halogens is 1. The first-order valence-corrected chi connectivity index (χ1v) is 7.23. The largest absolute Gasteiger partial charge is 1.00 e. The van der Waals surface area contributed by atoms with E-state index in [2.05, 4.69) is 25.0 Å². The Morgan fingerprint density at radius 3 is 2.56 bits per heavy atom. The monoisotopic (exact) mass is 348 g/mol. The Balaban J connectivity index is 0.00000289. The van der Waals surface area contributed by atoms with Crippen LogP contribution < -0.4 is 39.0 Å². The van der Waals surface area contributed by atoms with Crippen LogP contribution in [0.5, 0.6) is 11.5 Å². The van der Waals surface area contributed by atoms with Crippen molar-refractivity contribution in [2.75, 3.05) is 11.1 Å².